The maximum absolute atomic E-state index is 11.6. The molecular formula is C16H19N3O2. The zero-order valence-electron chi connectivity index (χ0n) is 12.0. The van der Waals surface area contributed by atoms with Crippen molar-refractivity contribution < 1.29 is 9.53 Å². The van der Waals surface area contributed by atoms with Crippen LogP contribution >= 0.6 is 0 Å². The maximum Gasteiger partial charge on any atom is 0.225 e. The van der Waals surface area contributed by atoms with E-state index in [1.165, 1.54) is 0 Å². The van der Waals surface area contributed by atoms with Crippen molar-refractivity contribution in [2.45, 2.75) is 26.0 Å². The Morgan fingerprint density at radius 2 is 1.90 bits per heavy atom. The van der Waals surface area contributed by atoms with E-state index in [0.29, 0.717) is 13.0 Å². The smallest absolute Gasteiger partial charge is 0.225 e. The molecule has 5 nitrogen and oxygen atoms in total. The zero-order valence-corrected chi connectivity index (χ0v) is 12.0. The van der Waals surface area contributed by atoms with E-state index in [4.69, 9.17) is 10.5 Å². The molecule has 0 aliphatic rings. The van der Waals surface area contributed by atoms with Gasteiger partial charge in [0.15, 0.2) is 0 Å². The van der Waals surface area contributed by atoms with Gasteiger partial charge < -0.3 is 15.8 Å². The minimum atomic E-state index is -0.145. The Labute approximate surface area is 124 Å². The van der Waals surface area contributed by atoms with Crippen LogP contribution in [0.25, 0.3) is 0 Å². The molecule has 21 heavy (non-hydrogen) atoms. The monoisotopic (exact) mass is 285 g/mol. The van der Waals surface area contributed by atoms with Crippen LogP contribution in [0.5, 0.6) is 5.75 Å². The molecule has 1 heterocycles. The van der Waals surface area contributed by atoms with E-state index in [1.54, 1.807) is 31.5 Å². The highest BCUT2D eigenvalue weighted by atomic mass is 16.5. The Hall–Kier alpha value is -2.40. The summed E-state index contributed by atoms with van der Waals surface area (Å²) in [5.41, 5.74) is 7.37. The fraction of sp³-hybridized carbons (Fsp3) is 0.250. The molecule has 0 saturated heterocycles. The first kappa shape index (κ1) is 15.0. The largest absolute Gasteiger partial charge is 0.489 e. The highest BCUT2D eigenvalue weighted by molar-refractivity contribution is 5.91. The first-order chi connectivity index (χ1) is 10.1. The summed E-state index contributed by atoms with van der Waals surface area (Å²) in [5.74, 6) is 0.660. The summed E-state index contributed by atoms with van der Waals surface area (Å²) < 4.78 is 5.66. The summed E-state index contributed by atoms with van der Waals surface area (Å²) in [6, 6.07) is 10.9. The van der Waals surface area contributed by atoms with Crippen LogP contribution in [0.15, 0.2) is 48.8 Å². The summed E-state index contributed by atoms with van der Waals surface area (Å²) in [5, 5.41) is 2.79. The lowest BCUT2D eigenvalue weighted by atomic mass is 10.2. The standard InChI is InChI=1S/C16H19N3O2/c1-12(17)10-16(20)19-14-2-4-15(5-3-14)21-11-13-6-8-18-9-7-13/h2-9,12H,10-11,17H2,1H3,(H,19,20). The normalized spacial score (nSPS) is 11.7. The van der Waals surface area contributed by atoms with Crippen molar-refractivity contribution in [3.8, 4) is 5.75 Å². The fourth-order valence-corrected chi connectivity index (χ4v) is 1.78. The van der Waals surface area contributed by atoms with Crippen LogP contribution in [0.4, 0.5) is 5.69 Å². The molecular weight excluding hydrogens is 266 g/mol. The highest BCUT2D eigenvalue weighted by Gasteiger charge is 2.05. The Balaban J connectivity index is 1.86. The molecule has 1 atom stereocenters. The van der Waals surface area contributed by atoms with Crippen molar-refractivity contribution in [2.24, 2.45) is 5.73 Å². The number of anilines is 1. The number of nitrogens with zero attached hydrogens (tertiary/aromatic N) is 1. The van der Waals surface area contributed by atoms with Gasteiger partial charge in [0.2, 0.25) is 5.91 Å². The van der Waals surface area contributed by atoms with Gasteiger partial charge in [-0.25, -0.2) is 0 Å². The van der Waals surface area contributed by atoms with Crippen molar-refractivity contribution in [2.75, 3.05) is 5.32 Å². The van der Waals surface area contributed by atoms with Gasteiger partial charge >= 0.3 is 0 Å². The molecule has 110 valence electrons. The Kier molecular flexibility index (Phi) is 5.29. The van der Waals surface area contributed by atoms with Crippen molar-refractivity contribution in [3.63, 3.8) is 0 Å². The fourth-order valence-electron chi connectivity index (χ4n) is 1.78. The number of hydrogen-bond donors (Lipinski definition) is 2. The van der Waals surface area contributed by atoms with Gasteiger partial charge in [-0.2, -0.15) is 0 Å². The first-order valence-corrected chi connectivity index (χ1v) is 6.80. The number of nitrogens with one attached hydrogen (secondary N) is 1. The van der Waals surface area contributed by atoms with Crippen molar-refractivity contribution >= 4 is 11.6 Å². The molecule has 5 heteroatoms. The lowest BCUT2D eigenvalue weighted by molar-refractivity contribution is -0.116. The molecule has 3 N–H and O–H groups in total. The Morgan fingerprint density at radius 3 is 2.52 bits per heavy atom. The van der Waals surface area contributed by atoms with E-state index < -0.39 is 0 Å². The first-order valence-electron chi connectivity index (χ1n) is 6.80. The molecule has 0 bridgehead atoms. The molecule has 1 unspecified atom stereocenters. The summed E-state index contributed by atoms with van der Waals surface area (Å²) in [7, 11) is 0. The van der Waals surface area contributed by atoms with Gasteiger partial charge in [-0.1, -0.05) is 0 Å². The molecule has 0 aliphatic heterocycles. The molecule has 0 radical (unpaired) electrons. The zero-order chi connectivity index (χ0) is 15.1. The predicted molar refractivity (Wildman–Crippen MR) is 81.9 cm³/mol. The minimum absolute atomic E-state index is 0.0875. The van der Waals surface area contributed by atoms with Crippen molar-refractivity contribution in [3.05, 3.63) is 54.4 Å². The van der Waals surface area contributed by atoms with Gasteiger partial charge in [-0.15, -0.1) is 0 Å². The molecule has 2 aromatic rings. The van der Waals surface area contributed by atoms with Gasteiger partial charge in [0.25, 0.3) is 0 Å². The minimum Gasteiger partial charge on any atom is -0.489 e. The summed E-state index contributed by atoms with van der Waals surface area (Å²) in [6.45, 7) is 2.29. The van der Waals surface area contributed by atoms with Gasteiger partial charge in [0.1, 0.15) is 12.4 Å². The van der Waals surface area contributed by atoms with Crippen molar-refractivity contribution in [1.29, 1.82) is 0 Å². The number of aromatic nitrogens is 1. The average molecular weight is 285 g/mol. The molecule has 1 amide bonds. The molecule has 2 rings (SSSR count). The quantitative estimate of drug-likeness (QED) is 0.854. The third kappa shape index (κ3) is 5.24. The number of benzene rings is 1. The summed E-state index contributed by atoms with van der Waals surface area (Å²) in [4.78, 5) is 15.5. The Bertz CT molecular complexity index is 568. The lowest BCUT2D eigenvalue weighted by Gasteiger charge is -2.09. The number of carbonyl (C=O) groups excluding carboxylic acids is 1. The van der Waals surface area contributed by atoms with E-state index in [1.807, 2.05) is 24.3 Å². The second-order valence-electron chi connectivity index (χ2n) is 4.90. The van der Waals surface area contributed by atoms with E-state index in [9.17, 15) is 4.79 Å². The van der Waals surface area contributed by atoms with Crippen LogP contribution in [0, 0.1) is 0 Å². The van der Waals surface area contributed by atoms with E-state index in [0.717, 1.165) is 17.0 Å². The Morgan fingerprint density at radius 1 is 1.24 bits per heavy atom. The molecule has 0 saturated carbocycles. The van der Waals surface area contributed by atoms with Crippen LogP contribution in [0.3, 0.4) is 0 Å². The summed E-state index contributed by atoms with van der Waals surface area (Å²) >= 11 is 0. The number of rotatable bonds is 6. The van der Waals surface area contributed by atoms with Crippen LogP contribution < -0.4 is 15.8 Å². The van der Waals surface area contributed by atoms with Gasteiger partial charge in [-0.3, -0.25) is 9.78 Å². The number of ether oxygens (including phenoxy) is 1. The lowest BCUT2D eigenvalue weighted by Crippen LogP contribution is -2.23. The number of hydrogen-bond acceptors (Lipinski definition) is 4. The van der Waals surface area contributed by atoms with Crippen LogP contribution in [-0.4, -0.2) is 16.9 Å². The maximum atomic E-state index is 11.6. The number of amides is 1. The molecule has 0 fully saturated rings. The molecule has 0 aliphatic carbocycles. The van der Waals surface area contributed by atoms with Gasteiger partial charge in [-0.05, 0) is 48.9 Å². The summed E-state index contributed by atoms with van der Waals surface area (Å²) in [6.07, 6.45) is 3.77. The third-order valence-electron chi connectivity index (χ3n) is 2.80. The second kappa shape index (κ2) is 7.40. The van der Waals surface area contributed by atoms with Gasteiger partial charge in [0, 0.05) is 30.5 Å². The van der Waals surface area contributed by atoms with E-state index in [-0.39, 0.29) is 11.9 Å². The molecule has 1 aromatic carbocycles. The van der Waals surface area contributed by atoms with Crippen LogP contribution in [-0.2, 0) is 11.4 Å². The van der Waals surface area contributed by atoms with E-state index >= 15 is 0 Å². The number of nitrogens with two attached hydrogens (primary N) is 1. The van der Waals surface area contributed by atoms with Crippen LogP contribution in [0.2, 0.25) is 0 Å². The third-order valence-corrected chi connectivity index (χ3v) is 2.80. The number of carbonyl (C=O) groups is 1. The van der Waals surface area contributed by atoms with Crippen molar-refractivity contribution in [1.82, 2.24) is 4.98 Å². The van der Waals surface area contributed by atoms with Gasteiger partial charge in [0.05, 0.1) is 0 Å². The topological polar surface area (TPSA) is 77.2 Å². The highest BCUT2D eigenvalue weighted by Crippen LogP contribution is 2.17. The van der Waals surface area contributed by atoms with E-state index in [2.05, 4.69) is 10.3 Å². The number of pyridine rings is 1. The SMILES string of the molecule is CC(N)CC(=O)Nc1ccc(OCc2ccncc2)cc1. The van der Waals surface area contributed by atoms with Crippen LogP contribution in [0.1, 0.15) is 18.9 Å². The molecule has 0 spiro atoms. The predicted octanol–water partition coefficient (Wildman–Crippen LogP) is 2.34. The second-order valence-corrected chi connectivity index (χ2v) is 4.90. The average Bonchev–Trinajstić information content (AvgIpc) is 2.47. The molecule has 1 aromatic heterocycles.